The second-order valence-corrected chi connectivity index (χ2v) is 2.83. The van der Waals surface area contributed by atoms with Crippen LogP contribution in [0.25, 0.3) is 0 Å². The summed E-state index contributed by atoms with van der Waals surface area (Å²) in [5, 5.41) is 0. The lowest BCUT2D eigenvalue weighted by atomic mass is 10.3. The van der Waals surface area contributed by atoms with Gasteiger partial charge in [-0.2, -0.15) is 0 Å². The van der Waals surface area contributed by atoms with Gasteiger partial charge in [0.2, 0.25) is 0 Å². The van der Waals surface area contributed by atoms with Crippen molar-refractivity contribution in [1.29, 1.82) is 0 Å². The Morgan fingerprint density at radius 3 is 2.50 bits per heavy atom. The summed E-state index contributed by atoms with van der Waals surface area (Å²) in [6.45, 7) is 4.12. The molecule has 0 aromatic carbocycles. The van der Waals surface area contributed by atoms with Gasteiger partial charge in [0.25, 0.3) is 0 Å². The molecule has 1 aromatic rings. The molecule has 0 fully saturated rings. The van der Waals surface area contributed by atoms with E-state index in [1.165, 1.54) is 4.68 Å². The summed E-state index contributed by atoms with van der Waals surface area (Å²) >= 11 is 0. The summed E-state index contributed by atoms with van der Waals surface area (Å²) in [4.78, 5) is 4.33. The number of anilines is 1. The summed E-state index contributed by atoms with van der Waals surface area (Å²) in [5.41, 5.74) is 6.62. The van der Waals surface area contributed by atoms with E-state index in [4.69, 9.17) is 11.6 Å². The summed E-state index contributed by atoms with van der Waals surface area (Å²) in [6.07, 6.45) is 2.77. The van der Waals surface area contributed by atoms with Crippen LogP contribution in [0, 0.1) is 0 Å². The van der Waals surface area contributed by atoms with Gasteiger partial charge in [-0.05, 0) is 12.8 Å². The molecule has 0 spiro atoms. The van der Waals surface area contributed by atoms with Crippen LogP contribution >= 0.6 is 0 Å². The average molecular weight is 168 g/mol. The minimum absolute atomic E-state index is 0.598. The molecule has 1 aromatic heterocycles. The average Bonchev–Trinajstić information content (AvgIpc) is 2.33. The Balaban J connectivity index is 2.98. The maximum absolute atomic E-state index is 5.72. The maximum Gasteiger partial charge on any atom is 0.145 e. The first kappa shape index (κ1) is 8.90. The minimum Gasteiger partial charge on any atom is -0.382 e. The van der Waals surface area contributed by atoms with Gasteiger partial charge in [-0.25, -0.2) is 9.66 Å². The lowest BCUT2D eigenvalue weighted by molar-refractivity contribution is 0.792. The van der Waals surface area contributed by atoms with Crippen LogP contribution in [0.5, 0.6) is 0 Å². The molecule has 0 saturated carbocycles. The van der Waals surface area contributed by atoms with Crippen LogP contribution in [0.1, 0.15) is 31.8 Å². The molecule has 4 N–H and O–H groups in total. The molecule has 1 rings (SSSR count). The Kier molecular flexibility index (Phi) is 2.58. The fourth-order valence-electron chi connectivity index (χ4n) is 1.21. The Hall–Kier alpha value is -1.19. The summed E-state index contributed by atoms with van der Waals surface area (Å²) in [6, 6.07) is 0. The van der Waals surface area contributed by atoms with Crippen molar-refractivity contribution in [1.82, 2.24) is 9.66 Å². The van der Waals surface area contributed by atoms with Gasteiger partial charge in [0, 0.05) is 6.42 Å². The number of hydrogen-bond donors (Lipinski definition) is 2. The zero-order valence-electron chi connectivity index (χ0n) is 7.67. The fourth-order valence-corrected chi connectivity index (χ4v) is 1.21. The first-order chi connectivity index (χ1) is 5.70. The molecule has 0 amide bonds. The van der Waals surface area contributed by atoms with Gasteiger partial charge in [0.05, 0.1) is 5.69 Å². The normalized spacial score (nSPS) is 10.5. The second-order valence-electron chi connectivity index (χ2n) is 2.83. The van der Waals surface area contributed by atoms with Gasteiger partial charge in [0.15, 0.2) is 0 Å². The number of nitrogens with zero attached hydrogens (tertiary/aromatic N) is 2. The highest BCUT2D eigenvalue weighted by Gasteiger charge is 2.09. The van der Waals surface area contributed by atoms with Crippen LogP contribution in [0.4, 0.5) is 5.82 Å². The van der Waals surface area contributed by atoms with E-state index in [-0.39, 0.29) is 0 Å². The maximum atomic E-state index is 5.72. The van der Waals surface area contributed by atoms with Gasteiger partial charge >= 0.3 is 0 Å². The highest BCUT2D eigenvalue weighted by atomic mass is 15.4. The molecule has 0 aliphatic rings. The molecule has 0 radical (unpaired) electrons. The Bertz CT molecular complexity index is 264. The monoisotopic (exact) mass is 168 g/mol. The largest absolute Gasteiger partial charge is 0.382 e. The summed E-state index contributed by atoms with van der Waals surface area (Å²) in [5.74, 6) is 7.17. The van der Waals surface area contributed by atoms with E-state index in [2.05, 4.69) is 11.9 Å². The molecule has 68 valence electrons. The molecule has 0 aliphatic heterocycles. The van der Waals surface area contributed by atoms with Crippen molar-refractivity contribution in [2.75, 3.05) is 11.6 Å². The predicted octanol–water partition coefficient (Wildman–Crippen LogP) is 0.694. The van der Waals surface area contributed by atoms with Gasteiger partial charge in [-0.3, -0.25) is 0 Å². The number of aryl methyl sites for hydroxylation is 2. The lowest BCUT2D eigenvalue weighted by Crippen LogP contribution is -2.15. The Morgan fingerprint density at radius 1 is 1.42 bits per heavy atom. The fraction of sp³-hybridized carbons (Fsp3) is 0.625. The van der Waals surface area contributed by atoms with E-state index >= 15 is 0 Å². The van der Waals surface area contributed by atoms with Crippen molar-refractivity contribution >= 4 is 5.82 Å². The molecule has 0 unspecified atom stereocenters. The Labute approximate surface area is 72.5 Å². The van der Waals surface area contributed by atoms with E-state index in [1.807, 2.05) is 6.92 Å². The number of nitrogens with two attached hydrogens (primary N) is 2. The van der Waals surface area contributed by atoms with E-state index < -0.39 is 0 Å². The molecule has 4 heteroatoms. The van der Waals surface area contributed by atoms with Crippen LogP contribution in [-0.2, 0) is 12.8 Å². The minimum atomic E-state index is 0.598. The van der Waals surface area contributed by atoms with Crippen molar-refractivity contribution in [2.45, 2.75) is 33.1 Å². The van der Waals surface area contributed by atoms with Gasteiger partial charge in [-0.1, -0.05) is 13.8 Å². The standard InChI is InChI=1S/C8H16N4/c1-3-5-7-11-6(4-2)8(9)12(7)10/h3-5,9-10H2,1-2H3. The summed E-state index contributed by atoms with van der Waals surface area (Å²) in [7, 11) is 0. The molecule has 0 atom stereocenters. The van der Waals surface area contributed by atoms with Crippen molar-refractivity contribution in [3.8, 4) is 0 Å². The third kappa shape index (κ3) is 1.37. The van der Waals surface area contributed by atoms with E-state index in [9.17, 15) is 0 Å². The smallest absolute Gasteiger partial charge is 0.145 e. The summed E-state index contributed by atoms with van der Waals surface area (Å²) < 4.78 is 1.49. The third-order valence-electron chi connectivity index (χ3n) is 1.91. The van der Waals surface area contributed by atoms with Crippen LogP contribution in [0.2, 0.25) is 0 Å². The van der Waals surface area contributed by atoms with Gasteiger partial charge in [-0.15, -0.1) is 0 Å². The molecule has 0 saturated heterocycles. The van der Waals surface area contributed by atoms with Crippen molar-refractivity contribution in [2.24, 2.45) is 0 Å². The number of aromatic nitrogens is 2. The third-order valence-corrected chi connectivity index (χ3v) is 1.91. The van der Waals surface area contributed by atoms with Crippen LogP contribution in [0.3, 0.4) is 0 Å². The number of hydrogen-bond acceptors (Lipinski definition) is 3. The molecule has 12 heavy (non-hydrogen) atoms. The second kappa shape index (κ2) is 3.47. The molecule has 0 bridgehead atoms. The molecule has 1 heterocycles. The zero-order chi connectivity index (χ0) is 9.14. The first-order valence-corrected chi connectivity index (χ1v) is 4.31. The van der Waals surface area contributed by atoms with Crippen LogP contribution in [-0.4, -0.2) is 9.66 Å². The lowest BCUT2D eigenvalue weighted by Gasteiger charge is -1.99. The number of nitrogen functional groups attached to an aromatic ring is 2. The van der Waals surface area contributed by atoms with Gasteiger partial charge < -0.3 is 11.6 Å². The quantitative estimate of drug-likeness (QED) is 0.652. The van der Waals surface area contributed by atoms with E-state index in [1.54, 1.807) is 0 Å². The highest BCUT2D eigenvalue weighted by Crippen LogP contribution is 2.12. The van der Waals surface area contributed by atoms with Crippen LogP contribution < -0.4 is 11.6 Å². The Morgan fingerprint density at radius 2 is 2.08 bits per heavy atom. The highest BCUT2D eigenvalue weighted by molar-refractivity contribution is 5.38. The van der Waals surface area contributed by atoms with Crippen molar-refractivity contribution in [3.63, 3.8) is 0 Å². The molecule has 4 nitrogen and oxygen atoms in total. The number of rotatable bonds is 3. The van der Waals surface area contributed by atoms with Crippen LogP contribution in [0.15, 0.2) is 0 Å². The van der Waals surface area contributed by atoms with Crippen molar-refractivity contribution in [3.05, 3.63) is 11.5 Å². The van der Waals surface area contributed by atoms with E-state index in [0.717, 1.165) is 30.8 Å². The number of imidazole rings is 1. The predicted molar refractivity (Wildman–Crippen MR) is 50.2 cm³/mol. The SMILES string of the molecule is CCCc1nc(CC)c(N)n1N. The van der Waals surface area contributed by atoms with Crippen molar-refractivity contribution < 1.29 is 0 Å². The van der Waals surface area contributed by atoms with E-state index in [0.29, 0.717) is 5.82 Å². The topological polar surface area (TPSA) is 69.9 Å². The zero-order valence-corrected chi connectivity index (χ0v) is 7.67. The molecular weight excluding hydrogens is 152 g/mol. The van der Waals surface area contributed by atoms with Gasteiger partial charge in [0.1, 0.15) is 11.6 Å². The molecular formula is C8H16N4. The molecule has 0 aliphatic carbocycles. The first-order valence-electron chi connectivity index (χ1n) is 4.31.